The lowest BCUT2D eigenvalue weighted by Gasteiger charge is -2.17. The first-order valence-electron chi connectivity index (χ1n) is 5.52. The molecular weight excluding hydrogens is 212 g/mol. The van der Waals surface area contributed by atoms with Crippen LogP contribution in [0.4, 0.5) is 5.82 Å². The van der Waals surface area contributed by atoms with Crippen LogP contribution in [0.5, 0.6) is 0 Å². The summed E-state index contributed by atoms with van der Waals surface area (Å²) in [7, 11) is 0. The van der Waals surface area contributed by atoms with Crippen molar-refractivity contribution in [3.8, 4) is 11.3 Å². The van der Waals surface area contributed by atoms with E-state index in [2.05, 4.69) is 35.7 Å². The van der Waals surface area contributed by atoms with Crippen molar-refractivity contribution in [1.82, 2.24) is 15.0 Å². The maximum atomic E-state index is 5.83. The molecular formula is C13H16N4. The third-order valence-corrected chi connectivity index (χ3v) is 2.39. The zero-order chi connectivity index (χ0) is 12.5. The highest BCUT2D eigenvalue weighted by Gasteiger charge is 2.18. The van der Waals surface area contributed by atoms with E-state index in [9.17, 15) is 0 Å². The average molecular weight is 228 g/mol. The fourth-order valence-corrected chi connectivity index (χ4v) is 1.47. The number of anilines is 1. The Morgan fingerprint density at radius 2 is 1.71 bits per heavy atom. The molecule has 0 aromatic carbocycles. The van der Waals surface area contributed by atoms with Gasteiger partial charge in [-0.05, 0) is 12.1 Å². The molecule has 0 fully saturated rings. The SMILES string of the molecule is CC(C)(C)c1nc(N)cc(-c2ccncc2)n1. The van der Waals surface area contributed by atoms with Crippen LogP contribution in [0.2, 0.25) is 0 Å². The molecule has 88 valence electrons. The van der Waals surface area contributed by atoms with Gasteiger partial charge in [-0.2, -0.15) is 0 Å². The molecule has 4 nitrogen and oxygen atoms in total. The molecule has 2 rings (SSSR count). The molecule has 2 aromatic rings. The minimum absolute atomic E-state index is 0.114. The van der Waals surface area contributed by atoms with Gasteiger partial charge in [0, 0.05) is 29.4 Å². The third-order valence-electron chi connectivity index (χ3n) is 2.39. The first-order valence-corrected chi connectivity index (χ1v) is 5.52. The Kier molecular flexibility index (Phi) is 2.79. The molecule has 0 bridgehead atoms. The maximum absolute atomic E-state index is 5.83. The van der Waals surface area contributed by atoms with Crippen molar-refractivity contribution in [3.05, 3.63) is 36.4 Å². The quantitative estimate of drug-likeness (QED) is 0.814. The van der Waals surface area contributed by atoms with E-state index in [1.807, 2.05) is 12.1 Å². The van der Waals surface area contributed by atoms with Gasteiger partial charge in [-0.1, -0.05) is 20.8 Å². The van der Waals surface area contributed by atoms with Gasteiger partial charge in [0.2, 0.25) is 0 Å². The summed E-state index contributed by atoms with van der Waals surface area (Å²) in [5, 5.41) is 0. The summed E-state index contributed by atoms with van der Waals surface area (Å²) >= 11 is 0. The molecule has 0 saturated carbocycles. The zero-order valence-corrected chi connectivity index (χ0v) is 10.3. The molecule has 2 aromatic heterocycles. The lowest BCUT2D eigenvalue weighted by atomic mass is 9.95. The smallest absolute Gasteiger partial charge is 0.136 e. The number of nitrogens with zero attached hydrogens (tertiary/aromatic N) is 3. The summed E-state index contributed by atoms with van der Waals surface area (Å²) in [6.45, 7) is 6.20. The van der Waals surface area contributed by atoms with Crippen LogP contribution in [-0.2, 0) is 5.41 Å². The van der Waals surface area contributed by atoms with Crippen molar-refractivity contribution in [2.24, 2.45) is 0 Å². The monoisotopic (exact) mass is 228 g/mol. The Bertz CT molecular complexity index is 515. The van der Waals surface area contributed by atoms with Crippen LogP contribution in [0.25, 0.3) is 11.3 Å². The first-order chi connectivity index (χ1) is 7.97. The van der Waals surface area contributed by atoms with Crippen LogP contribution >= 0.6 is 0 Å². The maximum Gasteiger partial charge on any atom is 0.136 e. The number of nitrogen functional groups attached to an aromatic ring is 1. The first kappa shape index (κ1) is 11.5. The molecule has 0 saturated heterocycles. The zero-order valence-electron chi connectivity index (χ0n) is 10.3. The van der Waals surface area contributed by atoms with E-state index in [-0.39, 0.29) is 5.41 Å². The Morgan fingerprint density at radius 1 is 1.06 bits per heavy atom. The lowest BCUT2D eigenvalue weighted by Crippen LogP contribution is -2.17. The molecule has 0 amide bonds. The predicted octanol–water partition coefficient (Wildman–Crippen LogP) is 2.42. The number of nitrogens with two attached hydrogens (primary N) is 1. The average Bonchev–Trinajstić information content (AvgIpc) is 2.28. The van der Waals surface area contributed by atoms with E-state index < -0.39 is 0 Å². The molecule has 4 heteroatoms. The summed E-state index contributed by atoms with van der Waals surface area (Å²) < 4.78 is 0. The van der Waals surface area contributed by atoms with Gasteiger partial charge >= 0.3 is 0 Å². The summed E-state index contributed by atoms with van der Waals surface area (Å²) in [6, 6.07) is 5.60. The molecule has 0 aliphatic rings. The van der Waals surface area contributed by atoms with Crippen molar-refractivity contribution in [2.75, 3.05) is 5.73 Å². The van der Waals surface area contributed by atoms with Gasteiger partial charge in [-0.25, -0.2) is 9.97 Å². The molecule has 0 atom stereocenters. The van der Waals surface area contributed by atoms with E-state index >= 15 is 0 Å². The van der Waals surface area contributed by atoms with E-state index in [0.717, 1.165) is 17.1 Å². The Hall–Kier alpha value is -1.97. The number of rotatable bonds is 1. The van der Waals surface area contributed by atoms with E-state index in [1.54, 1.807) is 18.5 Å². The highest BCUT2D eigenvalue weighted by molar-refractivity contribution is 5.61. The fourth-order valence-electron chi connectivity index (χ4n) is 1.47. The number of pyridine rings is 1. The van der Waals surface area contributed by atoms with Crippen molar-refractivity contribution in [1.29, 1.82) is 0 Å². The molecule has 17 heavy (non-hydrogen) atoms. The second kappa shape index (κ2) is 4.13. The molecule has 2 N–H and O–H groups in total. The second-order valence-electron chi connectivity index (χ2n) is 4.99. The standard InChI is InChI=1S/C13H16N4/c1-13(2,3)12-16-10(8-11(14)17-12)9-4-6-15-7-5-9/h4-8H,1-3H3,(H2,14,16,17). The number of hydrogen-bond acceptors (Lipinski definition) is 4. The predicted molar refractivity (Wildman–Crippen MR) is 68.4 cm³/mol. The van der Waals surface area contributed by atoms with Crippen LogP contribution in [-0.4, -0.2) is 15.0 Å². The van der Waals surface area contributed by atoms with Crippen molar-refractivity contribution in [2.45, 2.75) is 26.2 Å². The molecule has 2 heterocycles. The third kappa shape index (κ3) is 2.58. The van der Waals surface area contributed by atoms with Crippen molar-refractivity contribution < 1.29 is 0 Å². The molecule has 0 radical (unpaired) electrons. The molecule has 0 aliphatic carbocycles. The fraction of sp³-hybridized carbons (Fsp3) is 0.308. The normalized spacial score (nSPS) is 11.5. The molecule has 0 aliphatic heterocycles. The minimum atomic E-state index is -0.114. The van der Waals surface area contributed by atoms with Gasteiger partial charge in [-0.3, -0.25) is 4.98 Å². The van der Waals surface area contributed by atoms with Crippen LogP contribution in [0.15, 0.2) is 30.6 Å². The summed E-state index contributed by atoms with van der Waals surface area (Å²) in [5.41, 5.74) is 7.55. The summed E-state index contributed by atoms with van der Waals surface area (Å²) in [5.74, 6) is 1.25. The van der Waals surface area contributed by atoms with Gasteiger partial charge in [-0.15, -0.1) is 0 Å². The minimum Gasteiger partial charge on any atom is -0.384 e. The van der Waals surface area contributed by atoms with Crippen LogP contribution < -0.4 is 5.73 Å². The Balaban J connectivity index is 2.54. The van der Waals surface area contributed by atoms with Crippen molar-refractivity contribution >= 4 is 5.82 Å². The number of aromatic nitrogens is 3. The highest BCUT2D eigenvalue weighted by Crippen LogP contribution is 2.23. The van der Waals surface area contributed by atoms with Gasteiger partial charge in [0.05, 0.1) is 5.69 Å². The van der Waals surface area contributed by atoms with Gasteiger partial charge < -0.3 is 5.73 Å². The lowest BCUT2D eigenvalue weighted by molar-refractivity contribution is 0.547. The van der Waals surface area contributed by atoms with E-state index in [4.69, 9.17) is 5.73 Å². The molecule has 0 spiro atoms. The van der Waals surface area contributed by atoms with Gasteiger partial charge in [0.25, 0.3) is 0 Å². The topological polar surface area (TPSA) is 64.7 Å². The van der Waals surface area contributed by atoms with Gasteiger partial charge in [0.1, 0.15) is 11.6 Å². The Morgan fingerprint density at radius 3 is 2.29 bits per heavy atom. The molecule has 0 unspecified atom stereocenters. The van der Waals surface area contributed by atoms with Crippen LogP contribution in [0.1, 0.15) is 26.6 Å². The largest absolute Gasteiger partial charge is 0.384 e. The summed E-state index contributed by atoms with van der Waals surface area (Å²) in [6.07, 6.45) is 3.48. The second-order valence-corrected chi connectivity index (χ2v) is 4.99. The highest BCUT2D eigenvalue weighted by atomic mass is 15.0. The van der Waals surface area contributed by atoms with Crippen LogP contribution in [0, 0.1) is 0 Å². The van der Waals surface area contributed by atoms with Crippen LogP contribution in [0.3, 0.4) is 0 Å². The van der Waals surface area contributed by atoms with Crippen molar-refractivity contribution in [3.63, 3.8) is 0 Å². The summed E-state index contributed by atoms with van der Waals surface area (Å²) in [4.78, 5) is 12.8. The van der Waals surface area contributed by atoms with Gasteiger partial charge in [0.15, 0.2) is 0 Å². The Labute approximate surface area is 101 Å². The van der Waals surface area contributed by atoms with E-state index in [0.29, 0.717) is 5.82 Å². The number of hydrogen-bond donors (Lipinski definition) is 1. The van der Waals surface area contributed by atoms with E-state index in [1.165, 1.54) is 0 Å².